The van der Waals surface area contributed by atoms with E-state index in [9.17, 15) is 0 Å². The summed E-state index contributed by atoms with van der Waals surface area (Å²) in [6.07, 6.45) is 3.79. The Morgan fingerprint density at radius 2 is 1.82 bits per heavy atom. The highest BCUT2D eigenvalue weighted by Crippen LogP contribution is 2.43. The van der Waals surface area contributed by atoms with Crippen molar-refractivity contribution in [2.24, 2.45) is 0 Å². The molecule has 0 bridgehead atoms. The summed E-state index contributed by atoms with van der Waals surface area (Å²) in [5, 5.41) is 5.26. The molecule has 33 heavy (non-hydrogen) atoms. The summed E-state index contributed by atoms with van der Waals surface area (Å²) >= 11 is 18.5. The van der Waals surface area contributed by atoms with E-state index in [2.05, 4.69) is 25.8 Å². The van der Waals surface area contributed by atoms with Crippen molar-refractivity contribution in [2.45, 2.75) is 12.1 Å². The molecule has 0 saturated carbocycles. The fraction of sp³-hybridized carbons (Fsp3) is 0.120. The number of anilines is 1. The molecule has 5 nitrogen and oxygen atoms in total. The summed E-state index contributed by atoms with van der Waals surface area (Å²) in [6.45, 7) is 0. The van der Waals surface area contributed by atoms with Crippen molar-refractivity contribution < 1.29 is 4.74 Å². The third kappa shape index (κ3) is 4.06. The molecule has 3 heterocycles. The van der Waals surface area contributed by atoms with Gasteiger partial charge < -0.3 is 19.5 Å². The summed E-state index contributed by atoms with van der Waals surface area (Å²) in [4.78, 5) is 6.74. The molecule has 0 amide bonds. The number of halogens is 2. The summed E-state index contributed by atoms with van der Waals surface area (Å²) in [5.41, 5.74) is 3.70. The maximum absolute atomic E-state index is 6.58. The van der Waals surface area contributed by atoms with Gasteiger partial charge in [0.2, 0.25) is 0 Å². The van der Waals surface area contributed by atoms with Crippen LogP contribution >= 0.6 is 35.4 Å². The van der Waals surface area contributed by atoms with Gasteiger partial charge in [0.25, 0.3) is 0 Å². The summed E-state index contributed by atoms with van der Waals surface area (Å²) in [6, 6.07) is 23.0. The van der Waals surface area contributed by atoms with Crippen LogP contribution in [0.15, 0.2) is 85.2 Å². The predicted molar refractivity (Wildman–Crippen MR) is 137 cm³/mol. The number of hydrogen-bond acceptors (Lipinski definition) is 3. The van der Waals surface area contributed by atoms with Gasteiger partial charge in [-0.05, 0) is 78.9 Å². The minimum Gasteiger partial charge on any atom is -0.497 e. The van der Waals surface area contributed by atoms with E-state index in [1.54, 1.807) is 19.4 Å². The maximum atomic E-state index is 6.58. The van der Waals surface area contributed by atoms with Crippen LogP contribution in [0, 0.1) is 0 Å². The van der Waals surface area contributed by atoms with Crippen molar-refractivity contribution in [3.8, 4) is 11.4 Å². The first-order valence-corrected chi connectivity index (χ1v) is 11.5. The fourth-order valence-corrected chi connectivity index (χ4v) is 5.05. The minimum absolute atomic E-state index is 0.166. The van der Waals surface area contributed by atoms with Gasteiger partial charge in [-0.15, -0.1) is 0 Å². The number of methoxy groups -OCH3 is 1. The van der Waals surface area contributed by atoms with Gasteiger partial charge in [0, 0.05) is 28.8 Å². The van der Waals surface area contributed by atoms with Crippen LogP contribution in [0.4, 0.5) is 5.69 Å². The Hall–Kier alpha value is -3.06. The molecular weight excluding hydrogens is 475 g/mol. The van der Waals surface area contributed by atoms with Crippen LogP contribution < -0.4 is 15.0 Å². The lowest BCUT2D eigenvalue weighted by atomic mass is 10.0. The Morgan fingerprint density at radius 3 is 2.52 bits per heavy atom. The van der Waals surface area contributed by atoms with E-state index in [1.807, 2.05) is 66.9 Å². The van der Waals surface area contributed by atoms with Gasteiger partial charge in [-0.1, -0.05) is 29.3 Å². The average molecular weight is 495 g/mol. The zero-order valence-electron chi connectivity index (χ0n) is 17.7. The first-order chi connectivity index (χ1) is 16.1. The highest BCUT2D eigenvalue weighted by molar-refractivity contribution is 7.80. The lowest BCUT2D eigenvalue weighted by Gasteiger charge is -2.29. The van der Waals surface area contributed by atoms with E-state index in [1.165, 1.54) is 0 Å². The quantitative estimate of drug-likeness (QED) is 0.326. The maximum Gasteiger partial charge on any atom is 0.174 e. The van der Waals surface area contributed by atoms with Crippen LogP contribution in [0.3, 0.4) is 0 Å². The van der Waals surface area contributed by atoms with Crippen LogP contribution in [0.25, 0.3) is 5.69 Å². The van der Waals surface area contributed by atoms with Crippen LogP contribution in [0.2, 0.25) is 10.0 Å². The average Bonchev–Trinajstić information content (AvgIpc) is 3.44. The zero-order valence-corrected chi connectivity index (χ0v) is 20.0. The van der Waals surface area contributed by atoms with E-state index < -0.39 is 0 Å². The smallest absolute Gasteiger partial charge is 0.174 e. The Balaban J connectivity index is 1.66. The molecular formula is C25H20Cl2N4OS. The third-order valence-corrected chi connectivity index (χ3v) is 6.55. The Morgan fingerprint density at radius 1 is 1.00 bits per heavy atom. The summed E-state index contributed by atoms with van der Waals surface area (Å²) < 4.78 is 7.42. The molecule has 1 aliphatic heterocycles. The Bertz CT molecular complexity index is 1290. The molecule has 166 valence electrons. The molecule has 1 saturated heterocycles. The minimum atomic E-state index is -0.178. The van der Waals surface area contributed by atoms with Crippen molar-refractivity contribution >= 4 is 46.2 Å². The van der Waals surface area contributed by atoms with Gasteiger partial charge in [-0.25, -0.2) is 0 Å². The topological polar surface area (TPSA) is 42.3 Å². The number of hydrogen-bond donors (Lipinski definition) is 1. The van der Waals surface area contributed by atoms with E-state index in [0.717, 1.165) is 28.5 Å². The normalized spacial score (nSPS) is 17.8. The molecule has 2 aromatic heterocycles. The molecule has 1 fully saturated rings. The fourth-order valence-electron chi connectivity index (χ4n) is 4.21. The molecule has 0 radical (unpaired) electrons. The van der Waals surface area contributed by atoms with Gasteiger partial charge in [-0.3, -0.25) is 4.98 Å². The monoisotopic (exact) mass is 494 g/mol. The predicted octanol–water partition coefficient (Wildman–Crippen LogP) is 6.36. The number of benzene rings is 2. The van der Waals surface area contributed by atoms with Crippen molar-refractivity contribution in [1.82, 2.24) is 14.9 Å². The van der Waals surface area contributed by atoms with E-state index >= 15 is 0 Å². The Kier molecular flexibility index (Phi) is 5.98. The number of nitrogens with zero attached hydrogens (tertiary/aromatic N) is 3. The van der Waals surface area contributed by atoms with Crippen LogP contribution in [0.1, 0.15) is 23.5 Å². The molecule has 1 N–H and O–H groups in total. The van der Waals surface area contributed by atoms with Crippen LogP contribution in [-0.2, 0) is 0 Å². The molecule has 0 aliphatic carbocycles. The summed E-state index contributed by atoms with van der Waals surface area (Å²) in [5.74, 6) is 0.783. The molecule has 2 unspecified atom stereocenters. The van der Waals surface area contributed by atoms with Crippen LogP contribution in [0.5, 0.6) is 5.75 Å². The zero-order chi connectivity index (χ0) is 22.9. The molecule has 0 spiro atoms. The van der Waals surface area contributed by atoms with Crippen molar-refractivity contribution in [3.05, 3.63) is 107 Å². The van der Waals surface area contributed by atoms with Gasteiger partial charge >= 0.3 is 0 Å². The highest BCUT2D eigenvalue weighted by atomic mass is 35.5. The number of pyridine rings is 1. The SMILES string of the molecule is COc1ccc(N2C(=S)NC(c3ccccn3)C2c2cccn2-c2ccc(Cl)cc2Cl)cc1. The van der Waals surface area contributed by atoms with Gasteiger partial charge in [-0.2, -0.15) is 0 Å². The van der Waals surface area contributed by atoms with Crippen LogP contribution in [-0.4, -0.2) is 21.8 Å². The molecule has 4 aromatic rings. The highest BCUT2D eigenvalue weighted by Gasteiger charge is 2.42. The summed E-state index contributed by atoms with van der Waals surface area (Å²) in [7, 11) is 1.65. The number of nitrogens with one attached hydrogen (secondary N) is 1. The molecule has 2 atom stereocenters. The van der Waals surface area contributed by atoms with E-state index in [4.69, 9.17) is 40.2 Å². The van der Waals surface area contributed by atoms with Crippen molar-refractivity contribution in [2.75, 3.05) is 12.0 Å². The Labute approximate surface area is 207 Å². The second kappa shape index (κ2) is 9.06. The van der Waals surface area contributed by atoms with Crippen molar-refractivity contribution in [1.29, 1.82) is 0 Å². The lowest BCUT2D eigenvalue weighted by molar-refractivity contribution is 0.415. The number of ether oxygens (including phenoxy) is 1. The number of thiocarbonyl (C=S) groups is 1. The second-order valence-corrected chi connectivity index (χ2v) is 8.82. The van der Waals surface area contributed by atoms with E-state index in [-0.39, 0.29) is 12.1 Å². The standard InChI is InChI=1S/C25H20Cl2N4OS/c1-32-18-10-8-17(9-11-18)31-24(23(29-25(31)33)20-5-2-3-13-28-20)22-6-4-14-30(22)21-12-7-16(26)15-19(21)27/h2-15,23-24H,1H3,(H,29,33). The number of aromatic nitrogens is 2. The molecule has 5 rings (SSSR count). The molecule has 1 aliphatic rings. The van der Waals surface area contributed by atoms with Crippen molar-refractivity contribution in [3.63, 3.8) is 0 Å². The molecule has 8 heteroatoms. The largest absolute Gasteiger partial charge is 0.497 e. The second-order valence-electron chi connectivity index (χ2n) is 7.59. The van der Waals surface area contributed by atoms with Gasteiger partial charge in [0.1, 0.15) is 11.8 Å². The first-order valence-electron chi connectivity index (χ1n) is 10.3. The van der Waals surface area contributed by atoms with E-state index in [0.29, 0.717) is 15.2 Å². The third-order valence-electron chi connectivity index (χ3n) is 5.70. The first kappa shape index (κ1) is 21.8. The lowest BCUT2D eigenvalue weighted by Crippen LogP contribution is -2.30. The molecule has 2 aromatic carbocycles. The van der Waals surface area contributed by atoms with Gasteiger partial charge in [0.05, 0.1) is 29.6 Å². The van der Waals surface area contributed by atoms with Gasteiger partial charge in [0.15, 0.2) is 5.11 Å². The number of rotatable bonds is 5.